The minimum Gasteiger partial charge on any atom is -0.494 e. The third-order valence-electron chi connectivity index (χ3n) is 4.86. The van der Waals surface area contributed by atoms with Crippen molar-refractivity contribution in [1.29, 1.82) is 0 Å². The highest BCUT2D eigenvalue weighted by molar-refractivity contribution is 6.34. The molecule has 0 spiro atoms. The minimum atomic E-state index is -0.456. The molecule has 0 bridgehead atoms. The SMILES string of the molecule is CCOc1ccc(N2C(=O)c3ccc(C(=O)N(C)Cc4ccco4)cc3C2=O)cc1. The molecule has 0 fully saturated rings. The largest absolute Gasteiger partial charge is 0.494 e. The molecule has 152 valence electrons. The van der Waals surface area contributed by atoms with Crippen LogP contribution in [-0.4, -0.2) is 36.3 Å². The van der Waals surface area contributed by atoms with Gasteiger partial charge in [0.1, 0.15) is 11.5 Å². The van der Waals surface area contributed by atoms with Gasteiger partial charge in [0, 0.05) is 12.6 Å². The number of ether oxygens (including phenoxy) is 1. The molecular formula is C23H20N2O5. The second-order valence-electron chi connectivity index (χ2n) is 6.87. The van der Waals surface area contributed by atoms with Crippen molar-refractivity contribution in [3.05, 3.63) is 83.3 Å². The van der Waals surface area contributed by atoms with Gasteiger partial charge in [-0.1, -0.05) is 0 Å². The second-order valence-corrected chi connectivity index (χ2v) is 6.87. The van der Waals surface area contributed by atoms with Gasteiger partial charge in [-0.15, -0.1) is 0 Å². The van der Waals surface area contributed by atoms with Crippen LogP contribution in [0.25, 0.3) is 0 Å². The summed E-state index contributed by atoms with van der Waals surface area (Å²) < 4.78 is 10.7. The molecule has 0 saturated heterocycles. The Morgan fingerprint density at radius 3 is 2.43 bits per heavy atom. The van der Waals surface area contributed by atoms with Gasteiger partial charge in [0.15, 0.2) is 0 Å². The summed E-state index contributed by atoms with van der Waals surface area (Å²) in [4.78, 5) is 41.1. The number of carbonyl (C=O) groups is 3. The molecule has 2 aromatic carbocycles. The monoisotopic (exact) mass is 404 g/mol. The van der Waals surface area contributed by atoms with Crippen molar-refractivity contribution in [3.8, 4) is 5.75 Å². The zero-order chi connectivity index (χ0) is 21.3. The van der Waals surface area contributed by atoms with Crippen molar-refractivity contribution < 1.29 is 23.5 Å². The number of furan rings is 1. The van der Waals surface area contributed by atoms with Crippen LogP contribution in [-0.2, 0) is 6.54 Å². The van der Waals surface area contributed by atoms with Gasteiger partial charge in [0.25, 0.3) is 17.7 Å². The van der Waals surface area contributed by atoms with E-state index in [-0.39, 0.29) is 17.0 Å². The number of imide groups is 1. The standard InChI is InChI=1S/C23H20N2O5/c1-3-29-17-9-7-16(8-10-17)25-22(27)19-11-6-15(13-20(19)23(25)28)21(26)24(2)14-18-5-4-12-30-18/h4-13H,3,14H2,1-2H3. The predicted molar refractivity (Wildman–Crippen MR) is 110 cm³/mol. The lowest BCUT2D eigenvalue weighted by atomic mass is 10.0. The van der Waals surface area contributed by atoms with E-state index in [0.29, 0.717) is 35.9 Å². The molecule has 7 nitrogen and oxygen atoms in total. The van der Waals surface area contributed by atoms with Crippen LogP contribution in [0.2, 0.25) is 0 Å². The van der Waals surface area contributed by atoms with E-state index in [1.165, 1.54) is 17.0 Å². The first kappa shape index (κ1) is 19.4. The molecule has 3 aromatic rings. The minimum absolute atomic E-state index is 0.214. The molecule has 1 aliphatic heterocycles. The Morgan fingerprint density at radius 2 is 1.77 bits per heavy atom. The Kier molecular flexibility index (Phi) is 5.10. The number of carbonyl (C=O) groups excluding carboxylic acids is 3. The normalized spacial score (nSPS) is 12.8. The highest BCUT2D eigenvalue weighted by Gasteiger charge is 2.37. The molecule has 0 N–H and O–H groups in total. The maximum absolute atomic E-state index is 13.0. The molecule has 7 heteroatoms. The van der Waals surface area contributed by atoms with Crippen LogP contribution in [0.3, 0.4) is 0 Å². The van der Waals surface area contributed by atoms with Crippen LogP contribution in [0.5, 0.6) is 5.75 Å². The highest BCUT2D eigenvalue weighted by Crippen LogP contribution is 2.30. The molecule has 1 aromatic heterocycles. The molecule has 30 heavy (non-hydrogen) atoms. The van der Waals surface area contributed by atoms with E-state index in [9.17, 15) is 14.4 Å². The summed E-state index contributed by atoms with van der Waals surface area (Å²) in [5.41, 5.74) is 1.27. The molecule has 2 heterocycles. The molecule has 3 amide bonds. The Labute approximate surface area is 173 Å². The molecule has 0 saturated carbocycles. The van der Waals surface area contributed by atoms with Crippen molar-refractivity contribution in [2.75, 3.05) is 18.6 Å². The lowest BCUT2D eigenvalue weighted by Crippen LogP contribution is -2.29. The predicted octanol–water partition coefficient (Wildman–Crippen LogP) is 3.75. The number of hydrogen-bond donors (Lipinski definition) is 0. The average Bonchev–Trinajstić information content (AvgIpc) is 3.35. The Balaban J connectivity index is 1.58. The summed E-state index contributed by atoms with van der Waals surface area (Å²) in [6.45, 7) is 2.70. The van der Waals surface area contributed by atoms with Crippen LogP contribution < -0.4 is 9.64 Å². The van der Waals surface area contributed by atoms with Crippen LogP contribution in [0, 0.1) is 0 Å². The fourth-order valence-electron chi connectivity index (χ4n) is 3.39. The van der Waals surface area contributed by atoms with Crippen molar-refractivity contribution in [2.45, 2.75) is 13.5 Å². The van der Waals surface area contributed by atoms with E-state index in [2.05, 4.69) is 0 Å². The summed E-state index contributed by atoms with van der Waals surface area (Å²) in [5.74, 6) is 0.170. The van der Waals surface area contributed by atoms with Gasteiger partial charge in [0.2, 0.25) is 0 Å². The van der Waals surface area contributed by atoms with Crippen molar-refractivity contribution in [1.82, 2.24) is 4.90 Å². The number of benzene rings is 2. The maximum Gasteiger partial charge on any atom is 0.266 e. The molecule has 0 unspecified atom stereocenters. The van der Waals surface area contributed by atoms with Crippen molar-refractivity contribution >= 4 is 23.4 Å². The van der Waals surface area contributed by atoms with Gasteiger partial charge >= 0.3 is 0 Å². The number of fused-ring (bicyclic) bond motifs is 1. The lowest BCUT2D eigenvalue weighted by Gasteiger charge is -2.16. The van der Waals surface area contributed by atoms with Crippen LogP contribution in [0.1, 0.15) is 43.8 Å². The fourth-order valence-corrected chi connectivity index (χ4v) is 3.39. The first-order valence-electron chi connectivity index (χ1n) is 9.53. The zero-order valence-corrected chi connectivity index (χ0v) is 16.6. The molecule has 4 rings (SSSR count). The lowest BCUT2D eigenvalue weighted by molar-refractivity contribution is 0.0775. The highest BCUT2D eigenvalue weighted by atomic mass is 16.5. The quantitative estimate of drug-likeness (QED) is 0.585. The summed E-state index contributed by atoms with van der Waals surface area (Å²) in [5, 5.41) is 0. The first-order chi connectivity index (χ1) is 14.5. The smallest absolute Gasteiger partial charge is 0.266 e. The second kappa shape index (κ2) is 7.87. The number of amides is 3. The molecule has 0 atom stereocenters. The number of rotatable bonds is 6. The third kappa shape index (κ3) is 3.45. The number of hydrogen-bond acceptors (Lipinski definition) is 5. The Hall–Kier alpha value is -3.87. The van der Waals surface area contributed by atoms with Crippen molar-refractivity contribution in [3.63, 3.8) is 0 Å². The van der Waals surface area contributed by atoms with Gasteiger partial charge < -0.3 is 14.1 Å². The van der Waals surface area contributed by atoms with E-state index in [0.717, 1.165) is 4.90 Å². The van der Waals surface area contributed by atoms with Crippen LogP contribution in [0.4, 0.5) is 5.69 Å². The summed E-state index contributed by atoms with van der Waals surface area (Å²) in [6, 6.07) is 14.8. The third-order valence-corrected chi connectivity index (χ3v) is 4.86. The van der Waals surface area contributed by atoms with E-state index >= 15 is 0 Å². The number of anilines is 1. The van der Waals surface area contributed by atoms with Gasteiger partial charge in [-0.25, -0.2) is 4.90 Å². The summed E-state index contributed by atoms with van der Waals surface area (Å²) in [6.07, 6.45) is 1.54. The Bertz CT molecular complexity index is 1100. The van der Waals surface area contributed by atoms with E-state index in [1.807, 2.05) is 6.92 Å². The van der Waals surface area contributed by atoms with Crippen LogP contribution >= 0.6 is 0 Å². The summed E-state index contributed by atoms with van der Waals surface area (Å²) in [7, 11) is 1.65. The number of nitrogens with zero attached hydrogens (tertiary/aromatic N) is 2. The average molecular weight is 404 g/mol. The fraction of sp³-hybridized carbons (Fsp3) is 0.174. The van der Waals surface area contributed by atoms with E-state index < -0.39 is 11.8 Å². The van der Waals surface area contributed by atoms with Gasteiger partial charge in [-0.05, 0) is 61.5 Å². The van der Waals surface area contributed by atoms with Gasteiger partial charge in [-0.2, -0.15) is 0 Å². The Morgan fingerprint density at radius 1 is 1.03 bits per heavy atom. The first-order valence-corrected chi connectivity index (χ1v) is 9.53. The maximum atomic E-state index is 13.0. The zero-order valence-electron chi connectivity index (χ0n) is 16.6. The topological polar surface area (TPSA) is 80.1 Å². The van der Waals surface area contributed by atoms with Crippen molar-refractivity contribution in [2.24, 2.45) is 0 Å². The van der Waals surface area contributed by atoms with Gasteiger partial charge in [-0.3, -0.25) is 14.4 Å². The molecule has 0 radical (unpaired) electrons. The van der Waals surface area contributed by atoms with Gasteiger partial charge in [0.05, 0.1) is 36.2 Å². The van der Waals surface area contributed by atoms with E-state index in [1.54, 1.807) is 55.8 Å². The molecular weight excluding hydrogens is 384 g/mol. The molecule has 0 aliphatic carbocycles. The van der Waals surface area contributed by atoms with E-state index in [4.69, 9.17) is 9.15 Å². The summed E-state index contributed by atoms with van der Waals surface area (Å²) >= 11 is 0. The molecule has 1 aliphatic rings. The van der Waals surface area contributed by atoms with Crippen LogP contribution in [0.15, 0.2) is 65.3 Å².